The van der Waals surface area contributed by atoms with E-state index in [0.29, 0.717) is 12.2 Å². The molecule has 0 saturated carbocycles. The molecule has 0 aliphatic carbocycles. The van der Waals surface area contributed by atoms with E-state index in [4.69, 9.17) is 4.74 Å². The number of ether oxygens (including phenoxy) is 1. The number of para-hydroxylation sites is 1. The molecule has 5 heteroatoms. The number of thiophene rings is 1. The van der Waals surface area contributed by atoms with Crippen LogP contribution < -0.4 is 15.4 Å². The Morgan fingerprint density at radius 1 is 0.909 bits per heavy atom. The van der Waals surface area contributed by atoms with Gasteiger partial charge in [-0.25, -0.2) is 0 Å². The number of anilines is 2. The van der Waals surface area contributed by atoms with E-state index in [2.05, 4.69) is 48.7 Å². The number of hydrogen-bond donors (Lipinski definition) is 2. The Labute approximate surface area is 199 Å². The molecule has 0 unspecified atom stereocenters. The lowest BCUT2D eigenvalue weighted by Crippen LogP contribution is -2.17. The van der Waals surface area contributed by atoms with Crippen molar-refractivity contribution >= 4 is 27.9 Å². The van der Waals surface area contributed by atoms with E-state index in [9.17, 15) is 4.79 Å². The summed E-state index contributed by atoms with van der Waals surface area (Å²) in [6.45, 7) is 6.82. The minimum absolute atomic E-state index is 0.108. The summed E-state index contributed by atoms with van der Waals surface area (Å²) in [6.07, 6.45) is 0. The Bertz CT molecular complexity index is 1200. The molecular weight excluding hydrogens is 428 g/mol. The number of rotatable bonds is 8. The van der Waals surface area contributed by atoms with Gasteiger partial charge in [-0.3, -0.25) is 4.79 Å². The lowest BCUT2D eigenvalue weighted by Gasteiger charge is -2.23. The summed E-state index contributed by atoms with van der Waals surface area (Å²) in [4.78, 5) is 14.2. The van der Waals surface area contributed by atoms with Gasteiger partial charge in [-0.1, -0.05) is 48.5 Å². The maximum Gasteiger partial charge on any atom is 0.256 e. The number of amides is 1. The first kappa shape index (κ1) is 22.6. The first-order valence-corrected chi connectivity index (χ1v) is 11.9. The summed E-state index contributed by atoms with van der Waals surface area (Å²) in [7, 11) is 0. The van der Waals surface area contributed by atoms with Crippen LogP contribution in [0.4, 0.5) is 10.7 Å². The smallest absolute Gasteiger partial charge is 0.256 e. The standard InChI is InChI=1S/C28H28N2O2S/c1-4-32-24-17-15-21(16-18-24)26(29-23-13-9-6-10-14-23)25-19(2)20(3)33-28(25)30-27(31)22-11-7-5-8-12-22/h5-18,26,29H,4H2,1-3H3,(H,30,31)/t26-/m0/s1. The summed E-state index contributed by atoms with van der Waals surface area (Å²) in [5.74, 6) is 0.735. The van der Waals surface area contributed by atoms with Gasteiger partial charge in [0.25, 0.3) is 5.91 Å². The molecule has 0 aliphatic heterocycles. The minimum atomic E-state index is -0.140. The van der Waals surface area contributed by atoms with Crippen molar-refractivity contribution in [2.45, 2.75) is 26.8 Å². The molecule has 1 amide bonds. The first-order valence-electron chi connectivity index (χ1n) is 11.1. The Morgan fingerprint density at radius 2 is 1.55 bits per heavy atom. The predicted octanol–water partition coefficient (Wildman–Crippen LogP) is 7.22. The van der Waals surface area contributed by atoms with Crippen LogP contribution in [-0.2, 0) is 0 Å². The summed E-state index contributed by atoms with van der Waals surface area (Å²) in [5, 5.41) is 7.72. The monoisotopic (exact) mass is 456 g/mol. The summed E-state index contributed by atoms with van der Waals surface area (Å²) in [6, 6.07) is 27.5. The zero-order chi connectivity index (χ0) is 23.2. The highest BCUT2D eigenvalue weighted by atomic mass is 32.1. The highest BCUT2D eigenvalue weighted by Crippen LogP contribution is 2.41. The molecule has 4 aromatic rings. The van der Waals surface area contributed by atoms with E-state index < -0.39 is 0 Å². The van der Waals surface area contributed by atoms with Crippen molar-refractivity contribution in [1.82, 2.24) is 0 Å². The average molecular weight is 457 g/mol. The topological polar surface area (TPSA) is 50.4 Å². The fourth-order valence-corrected chi connectivity index (χ4v) is 4.89. The zero-order valence-corrected chi connectivity index (χ0v) is 19.9. The van der Waals surface area contributed by atoms with Gasteiger partial charge in [0.05, 0.1) is 12.6 Å². The minimum Gasteiger partial charge on any atom is -0.494 e. The van der Waals surface area contributed by atoms with Crippen molar-refractivity contribution in [3.05, 3.63) is 112 Å². The van der Waals surface area contributed by atoms with Gasteiger partial charge in [-0.15, -0.1) is 11.3 Å². The second kappa shape index (κ2) is 10.4. The van der Waals surface area contributed by atoms with Gasteiger partial charge in [-0.2, -0.15) is 0 Å². The summed E-state index contributed by atoms with van der Waals surface area (Å²) < 4.78 is 5.64. The van der Waals surface area contributed by atoms with E-state index in [0.717, 1.165) is 27.6 Å². The summed E-state index contributed by atoms with van der Waals surface area (Å²) in [5.41, 5.74) is 5.00. The number of carbonyl (C=O) groups excluding carboxylic acids is 1. The molecule has 33 heavy (non-hydrogen) atoms. The van der Waals surface area contributed by atoms with E-state index in [-0.39, 0.29) is 11.9 Å². The Morgan fingerprint density at radius 3 is 2.18 bits per heavy atom. The third kappa shape index (κ3) is 5.26. The number of benzene rings is 3. The summed E-state index contributed by atoms with van der Waals surface area (Å²) >= 11 is 1.61. The highest BCUT2D eigenvalue weighted by molar-refractivity contribution is 7.16. The second-order valence-corrected chi connectivity index (χ2v) is 9.02. The van der Waals surface area contributed by atoms with Crippen molar-refractivity contribution in [2.24, 2.45) is 0 Å². The van der Waals surface area contributed by atoms with Gasteiger partial charge < -0.3 is 15.4 Å². The van der Waals surface area contributed by atoms with Crippen molar-refractivity contribution in [2.75, 3.05) is 17.2 Å². The van der Waals surface area contributed by atoms with Crippen molar-refractivity contribution in [1.29, 1.82) is 0 Å². The number of hydrogen-bond acceptors (Lipinski definition) is 4. The third-order valence-corrected chi connectivity index (χ3v) is 6.73. The van der Waals surface area contributed by atoms with Crippen LogP contribution in [0.5, 0.6) is 5.75 Å². The Kier molecular flexibility index (Phi) is 7.10. The van der Waals surface area contributed by atoms with Crippen molar-refractivity contribution < 1.29 is 9.53 Å². The molecule has 1 aromatic heterocycles. The van der Waals surface area contributed by atoms with E-state index in [1.807, 2.05) is 67.6 Å². The molecule has 4 nitrogen and oxygen atoms in total. The molecule has 0 aliphatic rings. The largest absolute Gasteiger partial charge is 0.494 e. The molecule has 0 spiro atoms. The van der Waals surface area contributed by atoms with Gasteiger partial charge in [0.15, 0.2) is 0 Å². The van der Waals surface area contributed by atoms with Crippen LogP contribution in [0.3, 0.4) is 0 Å². The zero-order valence-electron chi connectivity index (χ0n) is 19.1. The van der Waals surface area contributed by atoms with E-state index in [1.165, 1.54) is 10.4 Å². The molecule has 2 N–H and O–H groups in total. The lowest BCUT2D eigenvalue weighted by molar-refractivity contribution is 0.102. The normalized spacial score (nSPS) is 11.6. The highest BCUT2D eigenvalue weighted by Gasteiger charge is 2.25. The van der Waals surface area contributed by atoms with Crippen LogP contribution in [0.2, 0.25) is 0 Å². The van der Waals surface area contributed by atoms with Gasteiger partial charge >= 0.3 is 0 Å². The van der Waals surface area contributed by atoms with Crippen LogP contribution in [0, 0.1) is 13.8 Å². The third-order valence-electron chi connectivity index (χ3n) is 5.59. The van der Waals surface area contributed by atoms with Crippen LogP contribution in [-0.4, -0.2) is 12.5 Å². The van der Waals surface area contributed by atoms with Crippen LogP contribution in [0.15, 0.2) is 84.9 Å². The average Bonchev–Trinajstić information content (AvgIpc) is 3.12. The van der Waals surface area contributed by atoms with E-state index >= 15 is 0 Å². The SMILES string of the molecule is CCOc1ccc([C@H](Nc2ccccc2)c2c(NC(=O)c3ccccc3)sc(C)c2C)cc1. The predicted molar refractivity (Wildman–Crippen MR) is 138 cm³/mol. The molecule has 0 fully saturated rings. The van der Waals surface area contributed by atoms with Crippen LogP contribution >= 0.6 is 11.3 Å². The quantitative estimate of drug-likeness (QED) is 0.294. The molecular formula is C28H28N2O2S. The second-order valence-electron chi connectivity index (χ2n) is 7.79. The first-order chi connectivity index (χ1) is 16.1. The Balaban J connectivity index is 1.75. The number of nitrogens with one attached hydrogen (secondary N) is 2. The maximum absolute atomic E-state index is 13.0. The van der Waals surface area contributed by atoms with Crippen LogP contribution in [0.25, 0.3) is 0 Å². The van der Waals surface area contributed by atoms with Crippen molar-refractivity contribution in [3.63, 3.8) is 0 Å². The maximum atomic E-state index is 13.0. The van der Waals surface area contributed by atoms with Gasteiger partial charge in [0.1, 0.15) is 10.8 Å². The molecule has 0 saturated heterocycles. The molecule has 4 rings (SSSR count). The van der Waals surface area contributed by atoms with Gasteiger partial charge in [0, 0.05) is 21.7 Å². The molecule has 1 atom stereocenters. The lowest BCUT2D eigenvalue weighted by atomic mass is 9.96. The fourth-order valence-electron chi connectivity index (χ4n) is 3.80. The molecule has 1 heterocycles. The van der Waals surface area contributed by atoms with Gasteiger partial charge in [-0.05, 0) is 68.3 Å². The van der Waals surface area contributed by atoms with Crippen molar-refractivity contribution in [3.8, 4) is 5.75 Å². The molecule has 0 bridgehead atoms. The van der Waals surface area contributed by atoms with Gasteiger partial charge in [0.2, 0.25) is 0 Å². The number of aryl methyl sites for hydroxylation is 1. The molecule has 168 valence electrons. The van der Waals surface area contributed by atoms with Crippen LogP contribution in [0.1, 0.15) is 44.9 Å². The fraction of sp³-hybridized carbons (Fsp3) is 0.179. The van der Waals surface area contributed by atoms with E-state index in [1.54, 1.807) is 11.3 Å². The Hall–Kier alpha value is -3.57. The molecule has 3 aromatic carbocycles. The number of carbonyl (C=O) groups is 1. The molecule has 0 radical (unpaired) electrons.